The first-order valence-electron chi connectivity index (χ1n) is 10.4. The summed E-state index contributed by atoms with van der Waals surface area (Å²) >= 11 is 0. The molecule has 0 spiro atoms. The van der Waals surface area contributed by atoms with Crippen LogP contribution in [-0.4, -0.2) is 57.7 Å². The Kier molecular flexibility index (Phi) is 7.62. The quantitative estimate of drug-likeness (QED) is 0.642. The number of benzene rings is 2. The molecule has 0 aliphatic carbocycles. The van der Waals surface area contributed by atoms with Crippen molar-refractivity contribution in [2.24, 2.45) is 0 Å². The molecular formula is C23H26N4O4S. The number of carbonyl (C=O) groups excluding carboxylic acids is 2. The summed E-state index contributed by atoms with van der Waals surface area (Å²) in [5.74, 6) is -0.232. The van der Waals surface area contributed by atoms with Crippen LogP contribution in [0.1, 0.15) is 35.7 Å². The van der Waals surface area contributed by atoms with E-state index in [1.54, 1.807) is 17.0 Å². The van der Waals surface area contributed by atoms with Crippen molar-refractivity contribution in [1.82, 2.24) is 9.62 Å². The van der Waals surface area contributed by atoms with Gasteiger partial charge in [0, 0.05) is 50.4 Å². The topological polar surface area (TPSA) is 111 Å². The maximum Gasteiger partial charge on any atom is 0.240 e. The monoisotopic (exact) mass is 454 g/mol. The zero-order valence-electron chi connectivity index (χ0n) is 18.0. The van der Waals surface area contributed by atoms with Gasteiger partial charge in [0.2, 0.25) is 15.9 Å². The van der Waals surface area contributed by atoms with E-state index in [0.717, 1.165) is 18.7 Å². The fourth-order valence-electron chi connectivity index (χ4n) is 3.57. The van der Waals surface area contributed by atoms with E-state index < -0.39 is 10.0 Å². The van der Waals surface area contributed by atoms with Crippen molar-refractivity contribution in [3.63, 3.8) is 0 Å². The van der Waals surface area contributed by atoms with E-state index in [9.17, 15) is 18.0 Å². The number of sulfonamides is 1. The van der Waals surface area contributed by atoms with Crippen molar-refractivity contribution in [2.45, 2.75) is 24.7 Å². The Morgan fingerprint density at radius 3 is 2.31 bits per heavy atom. The molecule has 9 heteroatoms. The molecule has 1 saturated heterocycles. The second kappa shape index (κ2) is 10.4. The van der Waals surface area contributed by atoms with Crippen molar-refractivity contribution in [2.75, 3.05) is 37.6 Å². The van der Waals surface area contributed by atoms with Gasteiger partial charge in [-0.25, -0.2) is 13.1 Å². The molecule has 1 N–H and O–H groups in total. The fraction of sp³-hybridized carbons (Fsp3) is 0.348. The van der Waals surface area contributed by atoms with Gasteiger partial charge in [-0.1, -0.05) is 12.1 Å². The molecule has 0 saturated carbocycles. The third-order valence-corrected chi connectivity index (χ3v) is 6.89. The Morgan fingerprint density at radius 2 is 1.69 bits per heavy atom. The van der Waals surface area contributed by atoms with Gasteiger partial charge in [-0.2, -0.15) is 5.26 Å². The Morgan fingerprint density at radius 1 is 1.00 bits per heavy atom. The largest absolute Gasteiger partial charge is 0.370 e. The zero-order valence-corrected chi connectivity index (χ0v) is 18.8. The maximum absolute atomic E-state index is 12.6. The lowest BCUT2D eigenvalue weighted by molar-refractivity contribution is -0.130. The summed E-state index contributed by atoms with van der Waals surface area (Å²) in [6.07, 6.45) is 0.877. The number of hydrogen-bond donors (Lipinski definition) is 1. The van der Waals surface area contributed by atoms with Crippen LogP contribution in [0.3, 0.4) is 0 Å². The van der Waals surface area contributed by atoms with E-state index in [2.05, 4.69) is 15.7 Å². The molecule has 0 bridgehead atoms. The Hall–Kier alpha value is -3.22. The second-order valence-electron chi connectivity index (χ2n) is 7.61. The van der Waals surface area contributed by atoms with Crippen molar-refractivity contribution in [3.8, 4) is 6.07 Å². The molecule has 1 fully saturated rings. The van der Waals surface area contributed by atoms with Crippen LogP contribution in [-0.2, 0) is 14.8 Å². The molecule has 0 atom stereocenters. The van der Waals surface area contributed by atoms with E-state index in [4.69, 9.17) is 5.26 Å². The number of nitriles is 1. The molecule has 0 unspecified atom stereocenters. The highest BCUT2D eigenvalue weighted by Gasteiger charge is 2.20. The van der Waals surface area contributed by atoms with E-state index in [1.807, 2.05) is 12.1 Å². The number of nitrogens with zero attached hydrogens (tertiary/aromatic N) is 3. The average molecular weight is 455 g/mol. The van der Waals surface area contributed by atoms with Gasteiger partial charge in [-0.3, -0.25) is 9.59 Å². The van der Waals surface area contributed by atoms with Gasteiger partial charge in [-0.05, 0) is 49.7 Å². The van der Waals surface area contributed by atoms with Gasteiger partial charge in [0.1, 0.15) is 0 Å². The highest BCUT2D eigenvalue weighted by molar-refractivity contribution is 7.89. The first-order chi connectivity index (χ1) is 15.3. The SMILES string of the molecule is CC(=O)c1ccc(S(=O)(=O)NCCC(=O)N2CCCN(c3ccc(C#N)cc3)CC2)cc1. The van der Waals surface area contributed by atoms with Gasteiger partial charge in [-0.15, -0.1) is 0 Å². The molecule has 2 aromatic rings. The van der Waals surface area contributed by atoms with Crippen LogP contribution in [0.2, 0.25) is 0 Å². The molecule has 1 aliphatic rings. The molecule has 168 valence electrons. The lowest BCUT2D eigenvalue weighted by Gasteiger charge is -2.24. The smallest absolute Gasteiger partial charge is 0.240 e. The van der Waals surface area contributed by atoms with Gasteiger partial charge >= 0.3 is 0 Å². The van der Waals surface area contributed by atoms with Gasteiger partial charge < -0.3 is 9.80 Å². The average Bonchev–Trinajstić information content (AvgIpc) is 3.05. The highest BCUT2D eigenvalue weighted by Crippen LogP contribution is 2.18. The van der Waals surface area contributed by atoms with Crippen LogP contribution >= 0.6 is 0 Å². The fourth-order valence-corrected chi connectivity index (χ4v) is 4.61. The number of ketones is 1. The summed E-state index contributed by atoms with van der Waals surface area (Å²) in [7, 11) is -3.75. The predicted octanol–water partition coefficient (Wildman–Crippen LogP) is 2.17. The van der Waals surface area contributed by atoms with Crippen molar-refractivity contribution in [1.29, 1.82) is 5.26 Å². The number of amides is 1. The third kappa shape index (κ3) is 5.93. The number of rotatable bonds is 7. The molecule has 1 amide bonds. The molecule has 0 radical (unpaired) electrons. The first-order valence-corrected chi connectivity index (χ1v) is 11.9. The number of hydrogen-bond acceptors (Lipinski definition) is 6. The number of Topliss-reactive ketones (excluding diaryl/α,β-unsaturated/α-hetero) is 1. The molecular weight excluding hydrogens is 428 g/mol. The van der Waals surface area contributed by atoms with E-state index in [-0.39, 0.29) is 29.6 Å². The Bertz CT molecular complexity index is 1110. The summed E-state index contributed by atoms with van der Waals surface area (Å²) in [6, 6.07) is 15.2. The van der Waals surface area contributed by atoms with Crippen LogP contribution in [0.5, 0.6) is 0 Å². The molecule has 2 aromatic carbocycles. The van der Waals surface area contributed by atoms with Crippen LogP contribution in [0.15, 0.2) is 53.4 Å². The summed E-state index contributed by atoms with van der Waals surface area (Å²) < 4.78 is 27.3. The molecule has 3 rings (SSSR count). The zero-order chi connectivity index (χ0) is 23.1. The summed E-state index contributed by atoms with van der Waals surface area (Å²) in [5, 5.41) is 8.93. The van der Waals surface area contributed by atoms with Gasteiger partial charge in [0.25, 0.3) is 0 Å². The van der Waals surface area contributed by atoms with Crippen LogP contribution in [0, 0.1) is 11.3 Å². The summed E-state index contributed by atoms with van der Waals surface area (Å²) in [5.41, 5.74) is 2.06. The highest BCUT2D eigenvalue weighted by atomic mass is 32.2. The molecule has 1 aliphatic heterocycles. The van der Waals surface area contributed by atoms with Gasteiger partial charge in [0.05, 0.1) is 16.5 Å². The second-order valence-corrected chi connectivity index (χ2v) is 9.38. The Balaban J connectivity index is 1.50. The normalized spacial score (nSPS) is 14.5. The summed E-state index contributed by atoms with van der Waals surface area (Å²) in [6.45, 7) is 4.07. The molecule has 1 heterocycles. The standard InChI is InChI=1S/C23H26N4O4S/c1-18(28)20-5-9-22(10-6-20)32(30,31)25-12-11-23(29)27-14-2-13-26(15-16-27)21-7-3-19(17-24)4-8-21/h3-10,25H,2,11-16H2,1H3. The molecule has 32 heavy (non-hydrogen) atoms. The van der Waals surface area contributed by atoms with Crippen LogP contribution in [0.25, 0.3) is 0 Å². The lowest BCUT2D eigenvalue weighted by atomic mass is 10.2. The van der Waals surface area contributed by atoms with Crippen molar-refractivity contribution >= 4 is 27.4 Å². The third-order valence-electron chi connectivity index (χ3n) is 5.41. The van der Waals surface area contributed by atoms with E-state index >= 15 is 0 Å². The number of nitrogens with one attached hydrogen (secondary N) is 1. The van der Waals surface area contributed by atoms with E-state index in [1.165, 1.54) is 31.2 Å². The van der Waals surface area contributed by atoms with Crippen molar-refractivity contribution < 1.29 is 18.0 Å². The minimum atomic E-state index is -3.75. The van der Waals surface area contributed by atoms with Crippen molar-refractivity contribution in [3.05, 3.63) is 59.7 Å². The lowest BCUT2D eigenvalue weighted by Crippen LogP contribution is -2.37. The molecule has 0 aromatic heterocycles. The maximum atomic E-state index is 12.6. The van der Waals surface area contributed by atoms with Crippen LogP contribution in [0.4, 0.5) is 5.69 Å². The molecule has 8 nitrogen and oxygen atoms in total. The minimum absolute atomic E-state index is 0.00542. The predicted molar refractivity (Wildman–Crippen MR) is 121 cm³/mol. The van der Waals surface area contributed by atoms with Crippen LogP contribution < -0.4 is 9.62 Å². The first kappa shape index (κ1) is 23.4. The summed E-state index contributed by atoms with van der Waals surface area (Å²) in [4.78, 5) is 28.0. The van der Waals surface area contributed by atoms with E-state index in [0.29, 0.717) is 30.8 Å². The minimum Gasteiger partial charge on any atom is -0.370 e. The number of carbonyl (C=O) groups is 2. The number of anilines is 1. The van der Waals surface area contributed by atoms with Gasteiger partial charge in [0.15, 0.2) is 5.78 Å². The Labute approximate surface area is 188 Å².